The Labute approximate surface area is 156 Å². The first-order valence-corrected chi connectivity index (χ1v) is 9.90. The smallest absolute Gasteiger partial charge is 0.254 e. The maximum absolute atomic E-state index is 12.6. The first kappa shape index (κ1) is 15.4. The van der Waals surface area contributed by atoms with Crippen molar-refractivity contribution < 1.29 is 0 Å². The molecule has 7 heteroatoms. The SMILES string of the molecule is O=c1[nH]c(C2CC2)nc2c1CCC21CCN(c2ccnc3[nH]ncc23)CC1. The number of rotatable bonds is 2. The minimum absolute atomic E-state index is 0.0757. The van der Waals surface area contributed by atoms with Crippen LogP contribution in [0, 0.1) is 0 Å². The second-order valence-corrected chi connectivity index (χ2v) is 8.28. The van der Waals surface area contributed by atoms with E-state index < -0.39 is 0 Å². The molecule has 0 amide bonds. The molecule has 0 unspecified atom stereocenters. The van der Waals surface area contributed by atoms with Gasteiger partial charge in [0.15, 0.2) is 5.65 Å². The monoisotopic (exact) mass is 362 g/mol. The molecule has 1 saturated heterocycles. The van der Waals surface area contributed by atoms with E-state index in [-0.39, 0.29) is 11.0 Å². The number of aromatic amines is 2. The van der Waals surface area contributed by atoms with Gasteiger partial charge in [-0.3, -0.25) is 9.89 Å². The number of aromatic nitrogens is 5. The minimum Gasteiger partial charge on any atom is -0.371 e. The minimum atomic E-state index is 0.0757. The van der Waals surface area contributed by atoms with Gasteiger partial charge in [-0.05, 0) is 44.6 Å². The average Bonchev–Trinajstić information content (AvgIpc) is 3.33. The van der Waals surface area contributed by atoms with E-state index in [0.717, 1.165) is 79.7 Å². The standard InChI is InChI=1S/C20H22N6O/c27-19-13-3-5-20(16(13)23-17(24-19)12-1-2-12)6-9-26(10-7-20)15-4-8-21-18-14(15)11-22-25-18/h4,8,11-12H,1-3,5-7,9-10H2,(H,21,22,25)(H,23,24,27). The first-order valence-electron chi connectivity index (χ1n) is 9.90. The van der Waals surface area contributed by atoms with Gasteiger partial charge in [-0.2, -0.15) is 5.10 Å². The van der Waals surface area contributed by atoms with Gasteiger partial charge in [0, 0.05) is 36.2 Å². The molecular weight excluding hydrogens is 340 g/mol. The maximum atomic E-state index is 12.6. The lowest BCUT2D eigenvalue weighted by molar-refractivity contribution is 0.322. The molecule has 2 aliphatic carbocycles. The van der Waals surface area contributed by atoms with E-state index in [0.29, 0.717) is 5.92 Å². The van der Waals surface area contributed by atoms with Crippen LogP contribution in [0.4, 0.5) is 5.69 Å². The molecule has 0 radical (unpaired) electrons. The Kier molecular flexibility index (Phi) is 3.08. The predicted octanol–water partition coefficient (Wildman–Crippen LogP) is 2.40. The van der Waals surface area contributed by atoms with Gasteiger partial charge in [0.1, 0.15) is 5.82 Å². The molecule has 0 atom stereocenters. The van der Waals surface area contributed by atoms with Crippen molar-refractivity contribution in [2.75, 3.05) is 18.0 Å². The van der Waals surface area contributed by atoms with Gasteiger partial charge in [-0.25, -0.2) is 9.97 Å². The number of nitrogens with zero attached hydrogens (tertiary/aromatic N) is 4. The van der Waals surface area contributed by atoms with Crippen LogP contribution < -0.4 is 10.5 Å². The molecule has 7 nitrogen and oxygen atoms in total. The highest BCUT2D eigenvalue weighted by Gasteiger charge is 2.44. The lowest BCUT2D eigenvalue weighted by Gasteiger charge is -2.40. The van der Waals surface area contributed by atoms with Crippen LogP contribution in [0.1, 0.15) is 55.1 Å². The lowest BCUT2D eigenvalue weighted by Crippen LogP contribution is -2.42. The molecule has 1 spiro atoms. The van der Waals surface area contributed by atoms with Crippen molar-refractivity contribution in [1.29, 1.82) is 0 Å². The van der Waals surface area contributed by atoms with Crippen LogP contribution in [0.5, 0.6) is 0 Å². The van der Waals surface area contributed by atoms with Crippen LogP contribution in [-0.4, -0.2) is 38.2 Å². The van der Waals surface area contributed by atoms with E-state index in [1.807, 2.05) is 12.4 Å². The zero-order valence-corrected chi connectivity index (χ0v) is 15.2. The van der Waals surface area contributed by atoms with Crippen LogP contribution in [0.25, 0.3) is 11.0 Å². The number of fused-ring (bicyclic) bond motifs is 3. The van der Waals surface area contributed by atoms with Gasteiger partial charge in [0.2, 0.25) is 0 Å². The fraction of sp³-hybridized carbons (Fsp3) is 0.500. The Morgan fingerprint density at radius 1 is 1.19 bits per heavy atom. The number of H-pyrrole nitrogens is 2. The second-order valence-electron chi connectivity index (χ2n) is 8.28. The van der Waals surface area contributed by atoms with Gasteiger partial charge in [-0.15, -0.1) is 0 Å². The summed E-state index contributed by atoms with van der Waals surface area (Å²) in [4.78, 5) is 27.4. The van der Waals surface area contributed by atoms with Gasteiger partial charge >= 0.3 is 0 Å². The highest BCUT2D eigenvalue weighted by atomic mass is 16.1. The molecule has 3 aromatic rings. The first-order chi connectivity index (χ1) is 13.2. The quantitative estimate of drug-likeness (QED) is 0.730. The summed E-state index contributed by atoms with van der Waals surface area (Å²) >= 11 is 0. The topological polar surface area (TPSA) is 90.6 Å². The molecular formula is C20H22N6O. The van der Waals surface area contributed by atoms with E-state index in [1.165, 1.54) is 5.69 Å². The van der Waals surface area contributed by atoms with Crippen molar-refractivity contribution in [3.8, 4) is 0 Å². The maximum Gasteiger partial charge on any atom is 0.254 e. The summed E-state index contributed by atoms with van der Waals surface area (Å²) in [5.74, 6) is 1.41. The van der Waals surface area contributed by atoms with Crippen molar-refractivity contribution in [1.82, 2.24) is 25.1 Å². The summed E-state index contributed by atoms with van der Waals surface area (Å²) in [6, 6.07) is 2.08. The fourth-order valence-electron chi connectivity index (χ4n) is 4.99. The summed E-state index contributed by atoms with van der Waals surface area (Å²) < 4.78 is 0. The van der Waals surface area contributed by atoms with Gasteiger partial charge < -0.3 is 9.88 Å². The van der Waals surface area contributed by atoms with Gasteiger partial charge in [-0.1, -0.05) is 0 Å². The molecule has 0 bridgehead atoms. The van der Waals surface area contributed by atoms with Gasteiger partial charge in [0.25, 0.3) is 5.56 Å². The van der Waals surface area contributed by atoms with Crippen molar-refractivity contribution in [3.05, 3.63) is 45.9 Å². The number of nitrogens with one attached hydrogen (secondary N) is 2. The van der Waals surface area contributed by atoms with Crippen molar-refractivity contribution >= 4 is 16.7 Å². The summed E-state index contributed by atoms with van der Waals surface area (Å²) in [6.07, 6.45) is 10.0. The summed E-state index contributed by atoms with van der Waals surface area (Å²) in [6.45, 7) is 1.94. The van der Waals surface area contributed by atoms with E-state index in [1.54, 1.807) is 0 Å². The highest BCUT2D eigenvalue weighted by molar-refractivity contribution is 5.88. The van der Waals surface area contributed by atoms with E-state index in [2.05, 4.69) is 31.1 Å². The molecule has 0 aromatic carbocycles. The molecule has 3 aliphatic rings. The third-order valence-electron chi connectivity index (χ3n) is 6.75. The zero-order chi connectivity index (χ0) is 18.0. The Morgan fingerprint density at radius 2 is 2.04 bits per heavy atom. The number of hydrogen-bond donors (Lipinski definition) is 2. The van der Waals surface area contributed by atoms with Crippen molar-refractivity contribution in [2.45, 2.75) is 49.9 Å². The molecule has 4 heterocycles. The van der Waals surface area contributed by atoms with Crippen LogP contribution in [0.2, 0.25) is 0 Å². The molecule has 3 aromatic heterocycles. The van der Waals surface area contributed by atoms with Gasteiger partial charge in [0.05, 0.1) is 23.0 Å². The second kappa shape index (κ2) is 5.41. The molecule has 6 rings (SSSR count). The number of pyridine rings is 1. The predicted molar refractivity (Wildman–Crippen MR) is 102 cm³/mol. The Bertz CT molecular complexity index is 1090. The van der Waals surface area contributed by atoms with E-state index in [4.69, 9.17) is 4.98 Å². The van der Waals surface area contributed by atoms with Crippen molar-refractivity contribution in [2.24, 2.45) is 0 Å². The zero-order valence-electron chi connectivity index (χ0n) is 15.2. The fourth-order valence-corrected chi connectivity index (χ4v) is 4.99. The number of piperidine rings is 1. The lowest BCUT2D eigenvalue weighted by atomic mass is 9.76. The number of hydrogen-bond acceptors (Lipinski definition) is 5. The van der Waals surface area contributed by atoms with Crippen LogP contribution in [-0.2, 0) is 11.8 Å². The normalized spacial score (nSPS) is 21.1. The largest absolute Gasteiger partial charge is 0.371 e. The third kappa shape index (κ3) is 2.27. The molecule has 1 aliphatic heterocycles. The van der Waals surface area contributed by atoms with E-state index >= 15 is 0 Å². The summed E-state index contributed by atoms with van der Waals surface area (Å²) in [5, 5.41) is 8.17. The van der Waals surface area contributed by atoms with Crippen molar-refractivity contribution in [3.63, 3.8) is 0 Å². The molecule has 27 heavy (non-hydrogen) atoms. The number of anilines is 1. The molecule has 138 valence electrons. The summed E-state index contributed by atoms with van der Waals surface area (Å²) in [7, 11) is 0. The van der Waals surface area contributed by atoms with Crippen LogP contribution in [0.3, 0.4) is 0 Å². The van der Waals surface area contributed by atoms with E-state index in [9.17, 15) is 4.79 Å². The summed E-state index contributed by atoms with van der Waals surface area (Å²) in [5.41, 5.74) is 4.26. The Balaban J connectivity index is 1.32. The van der Waals surface area contributed by atoms with Crippen LogP contribution >= 0.6 is 0 Å². The third-order valence-corrected chi connectivity index (χ3v) is 6.75. The molecule has 2 fully saturated rings. The highest BCUT2D eigenvalue weighted by Crippen LogP contribution is 2.46. The molecule has 2 N–H and O–H groups in total. The molecule has 1 saturated carbocycles. The average molecular weight is 362 g/mol. The Morgan fingerprint density at radius 3 is 2.85 bits per heavy atom. The van der Waals surface area contributed by atoms with Crippen LogP contribution in [0.15, 0.2) is 23.3 Å². The Hall–Kier alpha value is -2.70.